The zero-order valence-electron chi connectivity index (χ0n) is 15.8. The van der Waals surface area contributed by atoms with Crippen LogP contribution in [0.15, 0.2) is 47.4 Å². The SMILES string of the molecule is COc1ccc(S(=O)(=O)N(C)CC(=O)N(C)Cc2ccccc2F)cc1C. The Balaban J connectivity index is 2.10. The van der Waals surface area contributed by atoms with Gasteiger partial charge in [-0.2, -0.15) is 4.31 Å². The van der Waals surface area contributed by atoms with Crippen LogP contribution in [-0.2, 0) is 21.4 Å². The minimum Gasteiger partial charge on any atom is -0.496 e. The number of likely N-dealkylation sites (N-methyl/N-ethyl adjacent to an activating group) is 2. The van der Waals surface area contributed by atoms with Crippen molar-refractivity contribution < 1.29 is 22.3 Å². The molecule has 0 N–H and O–H groups in total. The molecule has 0 fully saturated rings. The summed E-state index contributed by atoms with van der Waals surface area (Å²) in [6.45, 7) is 1.45. The fourth-order valence-corrected chi connectivity index (χ4v) is 3.76. The van der Waals surface area contributed by atoms with Gasteiger partial charge in [-0.3, -0.25) is 4.79 Å². The van der Waals surface area contributed by atoms with Gasteiger partial charge >= 0.3 is 0 Å². The molecule has 1 amide bonds. The van der Waals surface area contributed by atoms with Gasteiger partial charge in [0.05, 0.1) is 18.6 Å². The Labute approximate surface area is 159 Å². The Hall–Kier alpha value is -2.45. The number of hydrogen-bond donors (Lipinski definition) is 0. The highest BCUT2D eigenvalue weighted by Gasteiger charge is 2.25. The molecule has 0 heterocycles. The summed E-state index contributed by atoms with van der Waals surface area (Å²) in [6.07, 6.45) is 0. The van der Waals surface area contributed by atoms with Gasteiger partial charge in [-0.05, 0) is 36.8 Å². The number of sulfonamides is 1. The Morgan fingerprint density at radius 2 is 1.81 bits per heavy atom. The van der Waals surface area contributed by atoms with Crippen LogP contribution in [0.1, 0.15) is 11.1 Å². The van der Waals surface area contributed by atoms with Gasteiger partial charge in [-0.15, -0.1) is 0 Å². The molecule has 0 unspecified atom stereocenters. The third-order valence-corrected chi connectivity index (χ3v) is 6.02. The average Bonchev–Trinajstić information content (AvgIpc) is 2.63. The maximum atomic E-state index is 13.7. The number of ether oxygens (including phenoxy) is 1. The van der Waals surface area contributed by atoms with E-state index in [-0.39, 0.29) is 18.0 Å². The van der Waals surface area contributed by atoms with Crippen LogP contribution in [0.2, 0.25) is 0 Å². The number of hydrogen-bond acceptors (Lipinski definition) is 4. The number of carbonyl (C=O) groups is 1. The lowest BCUT2D eigenvalue weighted by atomic mass is 10.2. The molecule has 0 saturated carbocycles. The average molecular weight is 394 g/mol. The standard InChI is InChI=1S/C19H23FN2O4S/c1-14-11-16(9-10-18(14)26-4)27(24,25)22(3)13-19(23)21(2)12-15-7-5-6-8-17(15)20/h5-11H,12-13H2,1-4H3. The highest BCUT2D eigenvalue weighted by Crippen LogP contribution is 2.23. The number of nitrogens with zero attached hydrogens (tertiary/aromatic N) is 2. The predicted molar refractivity (Wildman–Crippen MR) is 100 cm³/mol. The number of carbonyl (C=O) groups excluding carboxylic acids is 1. The van der Waals surface area contributed by atoms with Crippen molar-refractivity contribution in [3.8, 4) is 5.75 Å². The molecular formula is C19H23FN2O4S. The van der Waals surface area contributed by atoms with Crippen LogP contribution in [0.5, 0.6) is 5.75 Å². The van der Waals surface area contributed by atoms with Crippen LogP contribution in [0.25, 0.3) is 0 Å². The zero-order valence-corrected chi connectivity index (χ0v) is 16.6. The fraction of sp³-hybridized carbons (Fsp3) is 0.316. The van der Waals surface area contributed by atoms with Gasteiger partial charge in [0.1, 0.15) is 11.6 Å². The maximum Gasteiger partial charge on any atom is 0.243 e. The minimum absolute atomic E-state index is 0.0566. The van der Waals surface area contributed by atoms with Crippen LogP contribution in [0.4, 0.5) is 4.39 Å². The summed E-state index contributed by atoms with van der Waals surface area (Å²) in [5.41, 5.74) is 1.04. The van der Waals surface area contributed by atoms with E-state index in [1.807, 2.05) is 0 Å². The first-order valence-corrected chi connectivity index (χ1v) is 9.69. The Bertz CT molecular complexity index is 931. The van der Waals surface area contributed by atoms with Gasteiger partial charge in [0.15, 0.2) is 0 Å². The molecule has 0 aliphatic heterocycles. The maximum absolute atomic E-state index is 13.7. The topological polar surface area (TPSA) is 66.9 Å². The van der Waals surface area contributed by atoms with Crippen molar-refractivity contribution in [1.29, 1.82) is 0 Å². The number of amides is 1. The quantitative estimate of drug-likeness (QED) is 0.723. The normalized spacial score (nSPS) is 11.5. The second kappa shape index (κ2) is 8.49. The van der Waals surface area contributed by atoms with Gasteiger partial charge in [0.2, 0.25) is 15.9 Å². The molecule has 0 atom stereocenters. The van der Waals surface area contributed by atoms with Gasteiger partial charge in [-0.1, -0.05) is 18.2 Å². The molecule has 0 saturated heterocycles. The number of halogens is 1. The van der Waals surface area contributed by atoms with Crippen molar-refractivity contribution in [2.45, 2.75) is 18.4 Å². The first-order valence-electron chi connectivity index (χ1n) is 8.25. The van der Waals surface area contributed by atoms with Gasteiger partial charge in [0.25, 0.3) is 0 Å². The first kappa shape index (κ1) is 20.9. The third-order valence-electron chi connectivity index (χ3n) is 4.22. The number of methoxy groups -OCH3 is 1. The van der Waals surface area contributed by atoms with Gasteiger partial charge < -0.3 is 9.64 Å². The molecule has 8 heteroatoms. The number of aryl methyl sites for hydroxylation is 1. The zero-order chi connectivity index (χ0) is 20.2. The molecule has 0 bridgehead atoms. The van der Waals surface area contributed by atoms with Gasteiger partial charge in [-0.25, -0.2) is 12.8 Å². The Kier molecular flexibility index (Phi) is 6.56. The summed E-state index contributed by atoms with van der Waals surface area (Å²) in [5, 5.41) is 0. The van der Waals surface area contributed by atoms with Crippen molar-refractivity contribution in [1.82, 2.24) is 9.21 Å². The van der Waals surface area contributed by atoms with Crippen LogP contribution in [0.3, 0.4) is 0 Å². The first-order chi connectivity index (χ1) is 12.7. The van der Waals surface area contributed by atoms with Crippen molar-refractivity contribution in [2.24, 2.45) is 0 Å². The molecule has 2 aromatic rings. The summed E-state index contributed by atoms with van der Waals surface area (Å²) in [7, 11) is 0.511. The number of rotatable bonds is 7. The molecule has 146 valence electrons. The molecule has 2 aromatic carbocycles. The molecule has 0 radical (unpaired) electrons. The van der Waals surface area contributed by atoms with Crippen LogP contribution in [-0.4, -0.2) is 51.3 Å². The molecule has 0 aliphatic rings. The molecular weight excluding hydrogens is 371 g/mol. The smallest absolute Gasteiger partial charge is 0.243 e. The van der Waals surface area contributed by atoms with E-state index in [9.17, 15) is 17.6 Å². The minimum atomic E-state index is -3.84. The second-order valence-corrected chi connectivity index (χ2v) is 8.28. The van der Waals surface area contributed by atoms with Crippen molar-refractivity contribution >= 4 is 15.9 Å². The molecule has 0 aliphatic carbocycles. The largest absolute Gasteiger partial charge is 0.496 e. The highest BCUT2D eigenvalue weighted by atomic mass is 32.2. The van der Waals surface area contributed by atoms with Crippen molar-refractivity contribution in [3.63, 3.8) is 0 Å². The van der Waals surface area contributed by atoms with Crippen LogP contribution >= 0.6 is 0 Å². The van der Waals surface area contributed by atoms with E-state index >= 15 is 0 Å². The van der Waals surface area contributed by atoms with E-state index in [1.165, 1.54) is 44.3 Å². The number of benzene rings is 2. The molecule has 2 rings (SSSR count). The fourth-order valence-electron chi connectivity index (χ4n) is 2.56. The molecule has 27 heavy (non-hydrogen) atoms. The lowest BCUT2D eigenvalue weighted by Gasteiger charge is -2.22. The summed E-state index contributed by atoms with van der Waals surface area (Å²) in [5.74, 6) is -0.265. The van der Waals surface area contributed by atoms with Crippen molar-refractivity contribution in [3.05, 3.63) is 59.4 Å². The van der Waals surface area contributed by atoms with Crippen LogP contribution in [0, 0.1) is 12.7 Å². The molecule has 0 aromatic heterocycles. The lowest BCUT2D eigenvalue weighted by Crippen LogP contribution is -2.39. The Morgan fingerprint density at radius 1 is 1.15 bits per heavy atom. The van der Waals surface area contributed by atoms with E-state index in [0.29, 0.717) is 16.9 Å². The van der Waals surface area contributed by atoms with E-state index in [1.54, 1.807) is 31.2 Å². The van der Waals surface area contributed by atoms with Crippen LogP contribution < -0.4 is 4.74 Å². The lowest BCUT2D eigenvalue weighted by molar-refractivity contribution is -0.130. The van der Waals surface area contributed by atoms with Gasteiger partial charge in [0, 0.05) is 26.2 Å². The summed E-state index contributed by atoms with van der Waals surface area (Å²) in [6, 6.07) is 10.7. The second-order valence-electron chi connectivity index (χ2n) is 6.23. The van der Waals surface area contributed by atoms with E-state index in [2.05, 4.69) is 0 Å². The monoisotopic (exact) mass is 394 g/mol. The summed E-state index contributed by atoms with van der Waals surface area (Å²) < 4.78 is 45.3. The third kappa shape index (κ3) is 4.84. The molecule has 6 nitrogen and oxygen atoms in total. The Morgan fingerprint density at radius 3 is 2.41 bits per heavy atom. The summed E-state index contributed by atoms with van der Waals surface area (Å²) in [4.78, 5) is 13.8. The van der Waals surface area contributed by atoms with E-state index in [4.69, 9.17) is 4.74 Å². The molecule has 0 spiro atoms. The van der Waals surface area contributed by atoms with E-state index < -0.39 is 21.7 Å². The predicted octanol–water partition coefficient (Wildman–Crippen LogP) is 2.42. The van der Waals surface area contributed by atoms with Crippen molar-refractivity contribution in [2.75, 3.05) is 27.7 Å². The summed E-state index contributed by atoms with van der Waals surface area (Å²) >= 11 is 0. The highest BCUT2D eigenvalue weighted by molar-refractivity contribution is 7.89. The van der Waals surface area contributed by atoms with E-state index in [0.717, 1.165) is 4.31 Å².